The van der Waals surface area contributed by atoms with Gasteiger partial charge in [0, 0.05) is 32.7 Å². The first-order chi connectivity index (χ1) is 7.58. The zero-order valence-corrected chi connectivity index (χ0v) is 11.3. The van der Waals surface area contributed by atoms with Gasteiger partial charge in [0.2, 0.25) is 0 Å². The predicted molar refractivity (Wildman–Crippen MR) is 68.6 cm³/mol. The fraction of sp³-hybridized carbons (Fsp3) is 0.636. The van der Waals surface area contributed by atoms with E-state index in [9.17, 15) is 4.79 Å². The number of hydrogen-bond donors (Lipinski definition) is 1. The van der Waals surface area contributed by atoms with E-state index < -0.39 is 0 Å². The number of rotatable bonds is 1. The number of aromatic nitrogens is 2. The van der Waals surface area contributed by atoms with Gasteiger partial charge in [0.25, 0.3) is 5.91 Å². The number of hydrogen-bond acceptors (Lipinski definition) is 3. The topological polar surface area (TPSA) is 50.2 Å². The summed E-state index contributed by atoms with van der Waals surface area (Å²) in [6.07, 6.45) is 0. The maximum absolute atomic E-state index is 12.2. The Kier molecular flexibility index (Phi) is 4.54. The molecule has 0 bridgehead atoms. The second kappa shape index (κ2) is 5.51. The van der Waals surface area contributed by atoms with Gasteiger partial charge >= 0.3 is 0 Å². The van der Waals surface area contributed by atoms with Crippen molar-refractivity contribution in [2.45, 2.75) is 19.9 Å². The maximum Gasteiger partial charge on any atom is 0.272 e. The number of aryl methyl sites for hydroxylation is 2. The number of halogens is 1. The number of nitrogens with zero attached hydrogens (tertiary/aromatic N) is 3. The Balaban J connectivity index is 0.00000144. The summed E-state index contributed by atoms with van der Waals surface area (Å²) in [5, 5.41) is 7.52. The molecule has 0 aliphatic carbocycles. The molecule has 1 N–H and O–H groups in total. The van der Waals surface area contributed by atoms with Crippen molar-refractivity contribution in [1.29, 1.82) is 0 Å². The van der Waals surface area contributed by atoms with Gasteiger partial charge in [-0.1, -0.05) is 0 Å². The first-order valence-corrected chi connectivity index (χ1v) is 5.61. The average Bonchev–Trinajstić information content (AvgIpc) is 2.57. The fourth-order valence-corrected chi connectivity index (χ4v) is 2.09. The van der Waals surface area contributed by atoms with E-state index >= 15 is 0 Å². The van der Waals surface area contributed by atoms with E-state index in [1.165, 1.54) is 0 Å². The van der Waals surface area contributed by atoms with Gasteiger partial charge in [-0.3, -0.25) is 9.48 Å². The minimum absolute atomic E-state index is 0. The molecule has 1 aromatic rings. The Labute approximate surface area is 108 Å². The lowest BCUT2D eigenvalue weighted by Crippen LogP contribution is -2.51. The Bertz CT molecular complexity index is 404. The molecule has 96 valence electrons. The lowest BCUT2D eigenvalue weighted by Gasteiger charge is -2.31. The lowest BCUT2D eigenvalue weighted by atomic mass is 10.2. The monoisotopic (exact) mass is 258 g/mol. The summed E-state index contributed by atoms with van der Waals surface area (Å²) < 4.78 is 1.66. The van der Waals surface area contributed by atoms with Crippen LogP contribution in [0.25, 0.3) is 0 Å². The minimum atomic E-state index is 0. The van der Waals surface area contributed by atoms with Crippen LogP contribution >= 0.6 is 12.4 Å². The summed E-state index contributed by atoms with van der Waals surface area (Å²) in [6.45, 7) is 6.39. The van der Waals surface area contributed by atoms with E-state index in [-0.39, 0.29) is 18.3 Å². The summed E-state index contributed by atoms with van der Waals surface area (Å²) in [6, 6.07) is 2.21. The summed E-state index contributed by atoms with van der Waals surface area (Å²) >= 11 is 0. The predicted octanol–water partition coefficient (Wildman–Crippen LogP) is 0.584. The molecular weight excluding hydrogens is 240 g/mol. The third-order valence-electron chi connectivity index (χ3n) is 2.88. The van der Waals surface area contributed by atoms with Crippen LogP contribution in [0.5, 0.6) is 0 Å². The summed E-state index contributed by atoms with van der Waals surface area (Å²) in [5.74, 6) is 0.0800. The van der Waals surface area contributed by atoms with Crippen molar-refractivity contribution in [3.05, 3.63) is 17.5 Å². The molecule has 17 heavy (non-hydrogen) atoms. The Morgan fingerprint density at radius 1 is 1.59 bits per heavy atom. The molecule has 5 nitrogen and oxygen atoms in total. The van der Waals surface area contributed by atoms with Gasteiger partial charge in [-0.15, -0.1) is 12.4 Å². The van der Waals surface area contributed by atoms with Gasteiger partial charge in [-0.2, -0.15) is 5.10 Å². The fourth-order valence-electron chi connectivity index (χ4n) is 2.09. The summed E-state index contributed by atoms with van der Waals surface area (Å²) in [4.78, 5) is 14.1. The van der Waals surface area contributed by atoms with Crippen molar-refractivity contribution in [3.8, 4) is 0 Å². The molecule has 2 rings (SSSR count). The zero-order valence-electron chi connectivity index (χ0n) is 10.4. The number of amides is 1. The van der Waals surface area contributed by atoms with Crippen molar-refractivity contribution in [2.24, 2.45) is 7.05 Å². The largest absolute Gasteiger partial charge is 0.334 e. The van der Waals surface area contributed by atoms with Crippen molar-refractivity contribution in [1.82, 2.24) is 20.0 Å². The SMILES string of the molecule is Cc1cc(C(=O)N2CCN[C@H](C)C2)n(C)n1.Cl. The smallest absolute Gasteiger partial charge is 0.272 e. The Morgan fingerprint density at radius 3 is 2.82 bits per heavy atom. The Morgan fingerprint density at radius 2 is 2.29 bits per heavy atom. The maximum atomic E-state index is 12.2. The van der Waals surface area contributed by atoms with Crippen LogP contribution < -0.4 is 5.32 Å². The van der Waals surface area contributed by atoms with Crippen LogP contribution in [0.15, 0.2) is 6.07 Å². The second-order valence-electron chi connectivity index (χ2n) is 4.40. The minimum Gasteiger partial charge on any atom is -0.334 e. The molecule has 1 amide bonds. The van der Waals surface area contributed by atoms with Crippen LogP contribution in [0.1, 0.15) is 23.1 Å². The number of carbonyl (C=O) groups excluding carboxylic acids is 1. The van der Waals surface area contributed by atoms with Gasteiger partial charge in [-0.05, 0) is 19.9 Å². The molecule has 0 saturated carbocycles. The molecule has 6 heteroatoms. The molecule has 0 aromatic carbocycles. The molecule has 1 fully saturated rings. The number of carbonyl (C=O) groups is 1. The molecule has 1 aromatic heterocycles. The van der Waals surface area contributed by atoms with E-state index in [1.807, 2.05) is 24.9 Å². The quantitative estimate of drug-likeness (QED) is 0.802. The van der Waals surface area contributed by atoms with Crippen molar-refractivity contribution >= 4 is 18.3 Å². The zero-order chi connectivity index (χ0) is 11.7. The van der Waals surface area contributed by atoms with E-state index in [1.54, 1.807) is 4.68 Å². The van der Waals surface area contributed by atoms with E-state index in [2.05, 4.69) is 17.3 Å². The van der Waals surface area contributed by atoms with Crippen molar-refractivity contribution in [2.75, 3.05) is 19.6 Å². The molecule has 0 radical (unpaired) electrons. The van der Waals surface area contributed by atoms with Crippen LogP contribution in [0.4, 0.5) is 0 Å². The normalized spacial score (nSPS) is 19.9. The molecular formula is C11H19ClN4O. The average molecular weight is 259 g/mol. The molecule has 0 unspecified atom stereocenters. The highest BCUT2D eigenvalue weighted by molar-refractivity contribution is 5.92. The van der Waals surface area contributed by atoms with Crippen LogP contribution in [-0.2, 0) is 7.05 Å². The Hall–Kier alpha value is -1.07. The molecule has 0 spiro atoms. The van der Waals surface area contributed by atoms with Gasteiger partial charge in [0.15, 0.2) is 0 Å². The van der Waals surface area contributed by atoms with Crippen molar-refractivity contribution < 1.29 is 4.79 Å². The summed E-state index contributed by atoms with van der Waals surface area (Å²) in [7, 11) is 1.81. The van der Waals surface area contributed by atoms with Crippen LogP contribution in [0.3, 0.4) is 0 Å². The first kappa shape index (κ1) is 14.0. The van der Waals surface area contributed by atoms with Crippen LogP contribution in [0, 0.1) is 6.92 Å². The van der Waals surface area contributed by atoms with Crippen LogP contribution in [0.2, 0.25) is 0 Å². The second-order valence-corrected chi connectivity index (χ2v) is 4.40. The number of nitrogens with one attached hydrogen (secondary N) is 1. The molecule has 1 atom stereocenters. The molecule has 1 saturated heterocycles. The lowest BCUT2D eigenvalue weighted by molar-refractivity contribution is 0.0698. The highest BCUT2D eigenvalue weighted by atomic mass is 35.5. The van der Waals surface area contributed by atoms with Crippen LogP contribution in [-0.4, -0.2) is 46.3 Å². The van der Waals surface area contributed by atoms with E-state index in [0.717, 1.165) is 25.3 Å². The molecule has 1 aliphatic heterocycles. The summed E-state index contributed by atoms with van der Waals surface area (Å²) in [5.41, 5.74) is 1.56. The molecule has 1 aliphatic rings. The van der Waals surface area contributed by atoms with Crippen molar-refractivity contribution in [3.63, 3.8) is 0 Å². The van der Waals surface area contributed by atoms with E-state index in [0.29, 0.717) is 11.7 Å². The third-order valence-corrected chi connectivity index (χ3v) is 2.88. The first-order valence-electron chi connectivity index (χ1n) is 5.61. The highest BCUT2D eigenvalue weighted by Gasteiger charge is 2.23. The molecule has 2 heterocycles. The number of piperazine rings is 1. The third kappa shape index (κ3) is 2.98. The van der Waals surface area contributed by atoms with Gasteiger partial charge in [0.1, 0.15) is 5.69 Å². The van der Waals surface area contributed by atoms with Gasteiger partial charge < -0.3 is 10.2 Å². The van der Waals surface area contributed by atoms with E-state index in [4.69, 9.17) is 0 Å². The van der Waals surface area contributed by atoms with Gasteiger partial charge in [-0.25, -0.2) is 0 Å². The highest BCUT2D eigenvalue weighted by Crippen LogP contribution is 2.08. The standard InChI is InChI=1S/C11H18N4O.ClH/c1-8-6-10(14(3)13-8)11(16)15-5-4-12-9(2)7-15;/h6,9,12H,4-5,7H2,1-3H3;1H/t9-;/m1./s1. The van der Waals surface area contributed by atoms with Gasteiger partial charge in [0.05, 0.1) is 5.69 Å².